The number of halogens is 1. The first kappa shape index (κ1) is 17.2. The first-order chi connectivity index (χ1) is 12.0. The highest BCUT2D eigenvalue weighted by atomic mass is 32.2. The van der Waals surface area contributed by atoms with Gasteiger partial charge in [0.15, 0.2) is 0 Å². The van der Waals surface area contributed by atoms with Crippen molar-refractivity contribution in [3.8, 4) is 11.5 Å². The van der Waals surface area contributed by atoms with Crippen LogP contribution < -0.4 is 5.32 Å². The van der Waals surface area contributed by atoms with Gasteiger partial charge in [-0.1, -0.05) is 36.0 Å². The van der Waals surface area contributed by atoms with Crippen molar-refractivity contribution in [3.63, 3.8) is 0 Å². The van der Waals surface area contributed by atoms with Crippen molar-refractivity contribution < 1.29 is 13.6 Å². The number of carbonyl (C=O) groups excluding carboxylic acids is 1. The van der Waals surface area contributed by atoms with Gasteiger partial charge in [-0.25, -0.2) is 4.39 Å². The zero-order chi connectivity index (χ0) is 17.8. The average molecular weight is 357 g/mol. The summed E-state index contributed by atoms with van der Waals surface area (Å²) >= 11 is 1.13. The maximum absolute atomic E-state index is 13.2. The SMILES string of the molecule is Cc1cccc(C)c1NC(=O)CSc1nnc(-c2cccc(F)c2)o1. The van der Waals surface area contributed by atoms with Crippen molar-refractivity contribution in [1.82, 2.24) is 10.2 Å². The molecule has 0 unspecified atom stereocenters. The fourth-order valence-corrected chi connectivity index (χ4v) is 2.88. The van der Waals surface area contributed by atoms with Crippen LogP contribution in [0.25, 0.3) is 11.5 Å². The maximum Gasteiger partial charge on any atom is 0.277 e. The second-order valence-corrected chi connectivity index (χ2v) is 6.41. The Morgan fingerprint density at radius 2 is 1.88 bits per heavy atom. The van der Waals surface area contributed by atoms with Crippen molar-refractivity contribution in [2.24, 2.45) is 0 Å². The first-order valence-corrected chi connectivity index (χ1v) is 8.60. The number of rotatable bonds is 5. The molecule has 0 saturated heterocycles. The second kappa shape index (κ2) is 7.48. The molecule has 2 aromatic carbocycles. The molecule has 1 aromatic heterocycles. The van der Waals surface area contributed by atoms with Crippen molar-refractivity contribution >= 4 is 23.4 Å². The molecule has 128 valence electrons. The molecule has 25 heavy (non-hydrogen) atoms. The number of aryl methyl sites for hydroxylation is 2. The van der Waals surface area contributed by atoms with E-state index in [4.69, 9.17) is 4.42 Å². The molecule has 0 fully saturated rings. The van der Waals surface area contributed by atoms with Crippen LogP contribution in [-0.2, 0) is 4.79 Å². The molecule has 0 bridgehead atoms. The third kappa shape index (κ3) is 4.24. The normalized spacial score (nSPS) is 10.7. The molecular formula is C18H16FN3O2S. The van der Waals surface area contributed by atoms with Crippen LogP contribution >= 0.6 is 11.8 Å². The lowest BCUT2D eigenvalue weighted by molar-refractivity contribution is -0.113. The van der Waals surface area contributed by atoms with Crippen LogP contribution in [0, 0.1) is 19.7 Å². The molecule has 1 amide bonds. The predicted octanol–water partition coefficient (Wildman–Crippen LogP) is 4.22. The van der Waals surface area contributed by atoms with E-state index < -0.39 is 0 Å². The Bertz CT molecular complexity index is 891. The van der Waals surface area contributed by atoms with Crippen LogP contribution in [0.5, 0.6) is 0 Å². The highest BCUT2D eigenvalue weighted by molar-refractivity contribution is 7.99. The molecule has 0 radical (unpaired) electrons. The van der Waals surface area contributed by atoms with Gasteiger partial charge in [0, 0.05) is 11.3 Å². The van der Waals surface area contributed by atoms with Gasteiger partial charge in [0.05, 0.1) is 5.75 Å². The molecule has 0 saturated carbocycles. The second-order valence-electron chi connectivity index (χ2n) is 5.49. The van der Waals surface area contributed by atoms with Crippen LogP contribution in [0.2, 0.25) is 0 Å². The van der Waals surface area contributed by atoms with E-state index >= 15 is 0 Å². The van der Waals surface area contributed by atoms with Gasteiger partial charge in [0.1, 0.15) is 5.82 Å². The fourth-order valence-electron chi connectivity index (χ4n) is 2.32. The number of nitrogens with one attached hydrogen (secondary N) is 1. The van der Waals surface area contributed by atoms with Crippen LogP contribution in [0.15, 0.2) is 52.1 Å². The van der Waals surface area contributed by atoms with Crippen molar-refractivity contribution in [2.45, 2.75) is 19.1 Å². The third-order valence-corrected chi connectivity index (χ3v) is 4.37. The molecule has 0 aliphatic rings. The molecule has 0 aliphatic carbocycles. The van der Waals surface area contributed by atoms with E-state index in [1.165, 1.54) is 12.1 Å². The van der Waals surface area contributed by atoms with Crippen molar-refractivity contribution in [3.05, 3.63) is 59.4 Å². The molecule has 0 atom stereocenters. The number of hydrogen-bond acceptors (Lipinski definition) is 5. The zero-order valence-electron chi connectivity index (χ0n) is 13.7. The number of para-hydroxylation sites is 1. The number of thioether (sulfide) groups is 1. The number of amides is 1. The molecule has 3 aromatic rings. The van der Waals surface area contributed by atoms with Gasteiger partial charge < -0.3 is 9.73 Å². The summed E-state index contributed by atoms with van der Waals surface area (Å²) in [7, 11) is 0. The highest BCUT2D eigenvalue weighted by Crippen LogP contribution is 2.24. The minimum atomic E-state index is -0.377. The lowest BCUT2D eigenvalue weighted by Crippen LogP contribution is -2.15. The number of carbonyl (C=O) groups is 1. The molecule has 0 spiro atoms. The number of benzene rings is 2. The first-order valence-electron chi connectivity index (χ1n) is 7.61. The minimum absolute atomic E-state index is 0.137. The largest absolute Gasteiger partial charge is 0.411 e. The van der Waals surface area contributed by atoms with Gasteiger partial charge in [-0.15, -0.1) is 10.2 Å². The fraction of sp³-hybridized carbons (Fsp3) is 0.167. The van der Waals surface area contributed by atoms with Crippen molar-refractivity contribution in [2.75, 3.05) is 11.1 Å². The zero-order valence-corrected chi connectivity index (χ0v) is 14.6. The van der Waals surface area contributed by atoms with Gasteiger partial charge in [-0.05, 0) is 43.2 Å². The third-order valence-electron chi connectivity index (χ3n) is 3.55. The molecule has 1 N–H and O–H groups in total. The number of anilines is 1. The maximum atomic E-state index is 13.2. The standard InChI is InChI=1S/C18H16FN3O2S/c1-11-5-3-6-12(2)16(11)20-15(23)10-25-18-22-21-17(24-18)13-7-4-8-14(19)9-13/h3-9H,10H2,1-2H3,(H,20,23). The van der Waals surface area contributed by atoms with E-state index in [2.05, 4.69) is 15.5 Å². The Kier molecular flexibility index (Phi) is 5.14. The van der Waals surface area contributed by atoms with E-state index in [1.54, 1.807) is 12.1 Å². The van der Waals surface area contributed by atoms with E-state index in [1.807, 2.05) is 32.0 Å². The van der Waals surface area contributed by atoms with Gasteiger partial charge in [-0.2, -0.15) is 0 Å². The summed E-state index contributed by atoms with van der Waals surface area (Å²) < 4.78 is 18.7. The number of aromatic nitrogens is 2. The van der Waals surface area contributed by atoms with Gasteiger partial charge >= 0.3 is 0 Å². The molecule has 7 heteroatoms. The van der Waals surface area contributed by atoms with Crippen LogP contribution in [0.3, 0.4) is 0 Å². The number of nitrogens with zero attached hydrogens (tertiary/aromatic N) is 2. The quantitative estimate of drug-likeness (QED) is 0.692. The minimum Gasteiger partial charge on any atom is -0.411 e. The van der Waals surface area contributed by atoms with Crippen LogP contribution in [0.1, 0.15) is 11.1 Å². The van der Waals surface area contributed by atoms with Crippen LogP contribution in [-0.4, -0.2) is 21.9 Å². The Hall–Kier alpha value is -2.67. The molecular weight excluding hydrogens is 341 g/mol. The molecule has 0 aliphatic heterocycles. The Morgan fingerprint density at radius 3 is 2.60 bits per heavy atom. The Morgan fingerprint density at radius 1 is 1.16 bits per heavy atom. The topological polar surface area (TPSA) is 68.0 Å². The van der Waals surface area contributed by atoms with Crippen LogP contribution in [0.4, 0.5) is 10.1 Å². The summed E-state index contributed by atoms with van der Waals surface area (Å²) in [6.45, 7) is 3.89. The average Bonchev–Trinajstić information content (AvgIpc) is 3.06. The molecule has 1 heterocycles. The number of hydrogen-bond donors (Lipinski definition) is 1. The summed E-state index contributed by atoms with van der Waals surface area (Å²) in [5.41, 5.74) is 3.33. The summed E-state index contributed by atoms with van der Waals surface area (Å²) in [6, 6.07) is 11.7. The summed E-state index contributed by atoms with van der Waals surface area (Å²) in [6.07, 6.45) is 0. The molecule has 5 nitrogen and oxygen atoms in total. The highest BCUT2D eigenvalue weighted by Gasteiger charge is 2.13. The summed E-state index contributed by atoms with van der Waals surface area (Å²) in [5.74, 6) is -0.179. The van der Waals surface area contributed by atoms with E-state index in [0.29, 0.717) is 5.56 Å². The predicted molar refractivity (Wildman–Crippen MR) is 95.0 cm³/mol. The summed E-state index contributed by atoms with van der Waals surface area (Å²) in [4.78, 5) is 12.1. The van der Waals surface area contributed by atoms with E-state index in [0.717, 1.165) is 28.6 Å². The van der Waals surface area contributed by atoms with Gasteiger partial charge in [-0.3, -0.25) is 4.79 Å². The van der Waals surface area contributed by atoms with Gasteiger partial charge in [0.25, 0.3) is 5.22 Å². The lowest BCUT2D eigenvalue weighted by atomic mass is 10.1. The smallest absolute Gasteiger partial charge is 0.277 e. The monoisotopic (exact) mass is 357 g/mol. The van der Waals surface area contributed by atoms with Gasteiger partial charge in [0.2, 0.25) is 11.8 Å². The van der Waals surface area contributed by atoms with E-state index in [9.17, 15) is 9.18 Å². The molecule has 3 rings (SSSR count). The Balaban J connectivity index is 1.61. The van der Waals surface area contributed by atoms with Crippen molar-refractivity contribution in [1.29, 1.82) is 0 Å². The van der Waals surface area contributed by atoms with E-state index in [-0.39, 0.29) is 28.6 Å². The Labute approximate surface area is 148 Å². The summed E-state index contributed by atoms with van der Waals surface area (Å²) in [5, 5.41) is 10.9. The lowest BCUT2D eigenvalue weighted by Gasteiger charge is -2.10.